The van der Waals surface area contributed by atoms with Crippen LogP contribution in [-0.4, -0.2) is 32.0 Å². The summed E-state index contributed by atoms with van der Waals surface area (Å²) in [6, 6.07) is 7.59. The topological polar surface area (TPSA) is 30.7 Å². The first-order chi connectivity index (χ1) is 10.3. The van der Waals surface area contributed by atoms with Gasteiger partial charge in [-0.25, -0.2) is 0 Å². The van der Waals surface area contributed by atoms with E-state index in [2.05, 4.69) is 0 Å². The number of hydrogen-bond acceptors (Lipinski definition) is 2. The number of carbonyl (C=O) groups is 1. The fraction of sp³-hybridized carbons (Fsp3) is 0.611. The third-order valence-electron chi connectivity index (χ3n) is 4.25. The van der Waals surface area contributed by atoms with Crippen LogP contribution in [0.15, 0.2) is 24.3 Å². The molecular weight excluding hydrogens is 262 g/mol. The minimum atomic E-state index is 0.156. The first-order valence-electron chi connectivity index (χ1n) is 8.40. The Labute approximate surface area is 128 Å². The Hall–Kier alpha value is -1.35. The first kappa shape index (κ1) is 16.0. The molecule has 1 aliphatic rings. The first-order valence-corrected chi connectivity index (χ1v) is 8.40. The van der Waals surface area contributed by atoms with Gasteiger partial charge in [0.05, 0.1) is 31.8 Å². The Bertz CT molecular complexity index is 439. The Kier molecular flexibility index (Phi) is 6.74. The number of hydrogen-bond donors (Lipinski definition) is 1. The molecule has 21 heavy (non-hydrogen) atoms. The van der Waals surface area contributed by atoms with Crippen molar-refractivity contribution in [3.63, 3.8) is 0 Å². The summed E-state index contributed by atoms with van der Waals surface area (Å²) >= 11 is 0. The Morgan fingerprint density at radius 1 is 1.14 bits per heavy atom. The quantitative estimate of drug-likeness (QED) is 0.589. The monoisotopic (exact) mass is 290 g/mol. The van der Waals surface area contributed by atoms with E-state index in [1.54, 1.807) is 4.90 Å². The summed E-state index contributed by atoms with van der Waals surface area (Å²) < 4.78 is 5.82. The van der Waals surface area contributed by atoms with E-state index in [4.69, 9.17) is 4.74 Å². The highest BCUT2D eigenvalue weighted by Gasteiger charge is 2.13. The van der Waals surface area contributed by atoms with E-state index in [0.29, 0.717) is 13.0 Å². The van der Waals surface area contributed by atoms with Crippen LogP contribution in [0.25, 0.3) is 0 Å². The van der Waals surface area contributed by atoms with Crippen molar-refractivity contribution in [1.29, 1.82) is 0 Å². The number of ether oxygens (including phenoxy) is 1. The second kappa shape index (κ2) is 8.83. The van der Waals surface area contributed by atoms with Crippen LogP contribution in [0.2, 0.25) is 0 Å². The van der Waals surface area contributed by atoms with Crippen LogP contribution in [0.4, 0.5) is 0 Å². The zero-order valence-corrected chi connectivity index (χ0v) is 13.2. The molecule has 0 amide bonds. The fourth-order valence-electron chi connectivity index (χ4n) is 2.97. The molecule has 0 radical (unpaired) electrons. The largest absolute Gasteiger partial charge is 0.493 e. The van der Waals surface area contributed by atoms with Crippen LogP contribution in [0, 0.1) is 0 Å². The molecule has 0 saturated carbocycles. The highest BCUT2D eigenvalue weighted by molar-refractivity contribution is 5.98. The van der Waals surface area contributed by atoms with E-state index in [0.717, 1.165) is 17.7 Å². The number of para-hydroxylation sites is 1. The normalized spacial score (nSPS) is 15.9. The predicted molar refractivity (Wildman–Crippen MR) is 85.2 cm³/mol. The second-order valence-corrected chi connectivity index (χ2v) is 5.89. The molecular formula is C18H28NO2+. The average molecular weight is 290 g/mol. The number of Topliss-reactive ketones (excluding diaryl/α,β-unsaturated/α-hetero) is 1. The molecule has 1 aromatic carbocycles. The molecule has 1 aromatic rings. The van der Waals surface area contributed by atoms with Crippen LogP contribution in [0.3, 0.4) is 0 Å². The van der Waals surface area contributed by atoms with E-state index in [-0.39, 0.29) is 5.78 Å². The number of rotatable bonds is 8. The van der Waals surface area contributed by atoms with Gasteiger partial charge < -0.3 is 9.64 Å². The summed E-state index contributed by atoms with van der Waals surface area (Å²) in [4.78, 5) is 13.6. The summed E-state index contributed by atoms with van der Waals surface area (Å²) in [5.41, 5.74) is 0.724. The summed E-state index contributed by atoms with van der Waals surface area (Å²) in [5, 5.41) is 0. The minimum absolute atomic E-state index is 0.156. The third-order valence-corrected chi connectivity index (χ3v) is 4.25. The molecule has 0 aromatic heterocycles. The lowest BCUT2D eigenvalue weighted by atomic mass is 10.1. The van der Waals surface area contributed by atoms with Crippen molar-refractivity contribution < 1.29 is 14.4 Å². The molecule has 3 heteroatoms. The van der Waals surface area contributed by atoms with Crippen molar-refractivity contribution in [2.75, 3.05) is 26.2 Å². The predicted octanol–water partition coefficient (Wildman–Crippen LogP) is 2.51. The van der Waals surface area contributed by atoms with E-state index < -0.39 is 0 Å². The maximum atomic E-state index is 11.8. The molecule has 0 atom stereocenters. The van der Waals surface area contributed by atoms with Crippen molar-refractivity contribution in [2.24, 2.45) is 0 Å². The van der Waals surface area contributed by atoms with Gasteiger partial charge in [-0.05, 0) is 44.2 Å². The zero-order chi connectivity index (χ0) is 14.9. The van der Waals surface area contributed by atoms with Gasteiger partial charge in [0, 0.05) is 6.42 Å². The summed E-state index contributed by atoms with van der Waals surface area (Å²) in [6.07, 6.45) is 6.99. The van der Waals surface area contributed by atoms with Gasteiger partial charge in [0.2, 0.25) is 0 Å². The molecule has 1 aliphatic heterocycles. The zero-order valence-electron chi connectivity index (χ0n) is 13.2. The molecule has 1 fully saturated rings. The lowest BCUT2D eigenvalue weighted by Crippen LogP contribution is -3.12. The van der Waals surface area contributed by atoms with Crippen LogP contribution >= 0.6 is 0 Å². The molecule has 116 valence electrons. The molecule has 1 N–H and O–H groups in total. The molecule has 1 saturated heterocycles. The van der Waals surface area contributed by atoms with Crippen LogP contribution < -0.4 is 9.64 Å². The van der Waals surface area contributed by atoms with Gasteiger partial charge in [0.25, 0.3) is 0 Å². The van der Waals surface area contributed by atoms with E-state index in [1.807, 2.05) is 31.2 Å². The van der Waals surface area contributed by atoms with Crippen molar-refractivity contribution in [1.82, 2.24) is 0 Å². The third kappa shape index (κ3) is 5.16. The Morgan fingerprint density at radius 3 is 2.67 bits per heavy atom. The summed E-state index contributed by atoms with van der Waals surface area (Å²) in [5.74, 6) is 0.901. The average Bonchev–Trinajstić information content (AvgIpc) is 2.55. The van der Waals surface area contributed by atoms with Gasteiger partial charge in [-0.1, -0.05) is 19.1 Å². The highest BCUT2D eigenvalue weighted by Crippen LogP contribution is 2.19. The lowest BCUT2D eigenvalue weighted by Gasteiger charge is -2.23. The molecule has 1 heterocycles. The van der Waals surface area contributed by atoms with Gasteiger partial charge >= 0.3 is 0 Å². The minimum Gasteiger partial charge on any atom is -0.493 e. The van der Waals surface area contributed by atoms with E-state index in [1.165, 1.54) is 45.3 Å². The van der Waals surface area contributed by atoms with Gasteiger partial charge in [-0.2, -0.15) is 0 Å². The maximum Gasteiger partial charge on any atom is 0.166 e. The van der Waals surface area contributed by atoms with Crippen LogP contribution in [0.5, 0.6) is 5.75 Å². The number of quaternary nitrogens is 1. The fourth-order valence-corrected chi connectivity index (χ4v) is 2.97. The molecule has 3 nitrogen and oxygen atoms in total. The second-order valence-electron chi connectivity index (χ2n) is 5.89. The smallest absolute Gasteiger partial charge is 0.166 e. The molecule has 2 rings (SSSR count). The van der Waals surface area contributed by atoms with E-state index in [9.17, 15) is 4.79 Å². The highest BCUT2D eigenvalue weighted by atomic mass is 16.5. The van der Waals surface area contributed by atoms with Gasteiger partial charge in [-0.3, -0.25) is 4.79 Å². The van der Waals surface area contributed by atoms with E-state index >= 15 is 0 Å². The summed E-state index contributed by atoms with van der Waals surface area (Å²) in [6.45, 7) is 6.55. The van der Waals surface area contributed by atoms with Crippen molar-refractivity contribution in [3.05, 3.63) is 29.8 Å². The van der Waals surface area contributed by atoms with Gasteiger partial charge in [0.1, 0.15) is 5.75 Å². The van der Waals surface area contributed by atoms with Gasteiger partial charge in [0.15, 0.2) is 5.78 Å². The molecule has 0 unspecified atom stereocenters. The summed E-state index contributed by atoms with van der Waals surface area (Å²) in [7, 11) is 0. The molecule has 0 aliphatic carbocycles. The van der Waals surface area contributed by atoms with Crippen LogP contribution in [0.1, 0.15) is 55.8 Å². The number of nitrogens with one attached hydrogen (secondary N) is 1. The van der Waals surface area contributed by atoms with Crippen molar-refractivity contribution in [2.45, 2.75) is 45.4 Å². The number of carbonyl (C=O) groups excluding carboxylic acids is 1. The standard InChI is InChI=1S/C18H27NO2/c1-2-17(20)16-10-4-5-11-18(16)21-15-9-8-14-19-12-6-3-7-13-19/h4-5,10-11H,2-3,6-9,12-15H2,1H3/p+1. The molecule has 0 spiro atoms. The Balaban J connectivity index is 1.69. The van der Waals surface area contributed by atoms with Crippen molar-refractivity contribution in [3.8, 4) is 5.75 Å². The SMILES string of the molecule is CCC(=O)c1ccccc1OCCCC[NH+]1CCCCC1. The van der Waals surface area contributed by atoms with Gasteiger partial charge in [-0.15, -0.1) is 0 Å². The maximum absolute atomic E-state index is 11.8. The number of ketones is 1. The number of unbranched alkanes of at least 4 members (excludes halogenated alkanes) is 1. The molecule has 0 bridgehead atoms. The van der Waals surface area contributed by atoms with Crippen LogP contribution in [-0.2, 0) is 0 Å². The number of benzene rings is 1. The van der Waals surface area contributed by atoms with Crippen molar-refractivity contribution >= 4 is 5.78 Å². The number of likely N-dealkylation sites (tertiary alicyclic amines) is 1. The number of piperidine rings is 1. The lowest BCUT2D eigenvalue weighted by molar-refractivity contribution is -0.905. The Morgan fingerprint density at radius 2 is 1.90 bits per heavy atom.